The van der Waals surface area contributed by atoms with Crippen LogP contribution in [0.25, 0.3) is 22.5 Å². The van der Waals surface area contributed by atoms with Crippen LogP contribution in [0.3, 0.4) is 0 Å². The predicted octanol–water partition coefficient (Wildman–Crippen LogP) is 4.65. The maximum Gasteiger partial charge on any atom is 0.307 e. The Kier molecular flexibility index (Phi) is 5.78. The summed E-state index contributed by atoms with van der Waals surface area (Å²) in [4.78, 5) is 11.1. The fourth-order valence-corrected chi connectivity index (χ4v) is 3.15. The maximum atomic E-state index is 13.8. The molecular formula is C22H23FN2O3. The Morgan fingerprint density at radius 3 is 2.64 bits per heavy atom. The summed E-state index contributed by atoms with van der Waals surface area (Å²) >= 11 is 0. The molecule has 0 atom stereocenters. The first-order chi connectivity index (χ1) is 13.4. The highest BCUT2D eigenvalue weighted by Crippen LogP contribution is 2.33. The van der Waals surface area contributed by atoms with E-state index in [0.717, 1.165) is 11.3 Å². The molecule has 0 aliphatic heterocycles. The lowest BCUT2D eigenvalue weighted by molar-refractivity contribution is -0.136. The summed E-state index contributed by atoms with van der Waals surface area (Å²) in [5.74, 6) is -0.256. The van der Waals surface area contributed by atoms with Crippen LogP contribution in [-0.4, -0.2) is 28.0 Å². The number of carboxylic acids is 1. The Morgan fingerprint density at radius 1 is 1.21 bits per heavy atom. The van der Waals surface area contributed by atoms with E-state index in [1.54, 1.807) is 31.4 Å². The van der Waals surface area contributed by atoms with Crippen molar-refractivity contribution in [1.82, 2.24) is 9.78 Å². The summed E-state index contributed by atoms with van der Waals surface area (Å²) in [7, 11) is 1.56. The normalized spacial score (nSPS) is 11.0. The molecule has 28 heavy (non-hydrogen) atoms. The predicted molar refractivity (Wildman–Crippen MR) is 106 cm³/mol. The molecule has 5 nitrogen and oxygen atoms in total. The number of aliphatic carboxylic acids is 1. The molecule has 3 aromatic rings. The van der Waals surface area contributed by atoms with Crippen LogP contribution < -0.4 is 4.74 Å². The number of hydrogen-bond acceptors (Lipinski definition) is 3. The topological polar surface area (TPSA) is 64.3 Å². The SMILES string of the molecule is COc1ccc(CC(=O)O)cc1-c1cc(-c2cccc(F)c2)n(CC(C)C)n1. The highest BCUT2D eigenvalue weighted by Gasteiger charge is 2.17. The van der Waals surface area contributed by atoms with Gasteiger partial charge in [-0.1, -0.05) is 32.0 Å². The second-order valence-corrected chi connectivity index (χ2v) is 7.11. The highest BCUT2D eigenvalue weighted by atomic mass is 19.1. The van der Waals surface area contributed by atoms with Gasteiger partial charge in [-0.05, 0) is 41.8 Å². The smallest absolute Gasteiger partial charge is 0.307 e. The van der Waals surface area contributed by atoms with Crippen molar-refractivity contribution in [2.45, 2.75) is 26.8 Å². The molecule has 1 N–H and O–H groups in total. The zero-order valence-electron chi connectivity index (χ0n) is 16.1. The van der Waals surface area contributed by atoms with Gasteiger partial charge in [-0.2, -0.15) is 5.10 Å². The number of aromatic nitrogens is 2. The summed E-state index contributed by atoms with van der Waals surface area (Å²) in [5.41, 5.74) is 3.56. The molecule has 0 aliphatic carbocycles. The molecule has 2 aromatic carbocycles. The number of hydrogen-bond donors (Lipinski definition) is 1. The minimum absolute atomic E-state index is 0.0829. The van der Waals surface area contributed by atoms with Gasteiger partial charge in [0.15, 0.2) is 0 Å². The minimum Gasteiger partial charge on any atom is -0.496 e. The van der Waals surface area contributed by atoms with Crippen LogP contribution in [0.5, 0.6) is 5.75 Å². The van der Waals surface area contributed by atoms with Gasteiger partial charge in [0.2, 0.25) is 0 Å². The van der Waals surface area contributed by atoms with Gasteiger partial charge in [-0.3, -0.25) is 9.48 Å². The van der Waals surface area contributed by atoms with E-state index in [0.29, 0.717) is 35.0 Å². The van der Waals surface area contributed by atoms with E-state index in [1.165, 1.54) is 12.1 Å². The van der Waals surface area contributed by atoms with Crippen LogP contribution in [0.4, 0.5) is 4.39 Å². The molecule has 0 spiro atoms. The zero-order valence-corrected chi connectivity index (χ0v) is 16.1. The van der Waals surface area contributed by atoms with Crippen LogP contribution in [0.2, 0.25) is 0 Å². The zero-order chi connectivity index (χ0) is 20.3. The number of nitrogens with zero attached hydrogens (tertiary/aromatic N) is 2. The molecule has 0 bridgehead atoms. The van der Waals surface area contributed by atoms with Gasteiger partial charge in [-0.15, -0.1) is 0 Å². The van der Waals surface area contributed by atoms with Gasteiger partial charge >= 0.3 is 5.97 Å². The second-order valence-electron chi connectivity index (χ2n) is 7.11. The molecule has 0 radical (unpaired) electrons. The third-order valence-corrected chi connectivity index (χ3v) is 4.33. The maximum absolute atomic E-state index is 13.8. The standard InChI is InChI=1S/C22H23FN2O3/c1-14(2)13-25-20(16-5-4-6-17(23)11-16)12-19(24-25)18-9-15(10-22(26)27)7-8-21(18)28-3/h4-9,11-12,14H,10,13H2,1-3H3,(H,26,27). The Labute approximate surface area is 163 Å². The summed E-state index contributed by atoms with van der Waals surface area (Å²) in [5, 5.41) is 13.8. The van der Waals surface area contributed by atoms with E-state index in [-0.39, 0.29) is 12.2 Å². The quantitative estimate of drug-likeness (QED) is 0.646. The van der Waals surface area contributed by atoms with Crippen LogP contribution >= 0.6 is 0 Å². The van der Waals surface area contributed by atoms with E-state index in [9.17, 15) is 9.18 Å². The molecule has 0 aliphatic rings. The number of carboxylic acid groups (broad SMARTS) is 1. The molecule has 1 aromatic heterocycles. The van der Waals surface area contributed by atoms with Crippen molar-refractivity contribution in [3.8, 4) is 28.3 Å². The van der Waals surface area contributed by atoms with Crippen molar-refractivity contribution in [1.29, 1.82) is 0 Å². The second kappa shape index (κ2) is 8.25. The highest BCUT2D eigenvalue weighted by molar-refractivity contribution is 5.76. The van der Waals surface area contributed by atoms with Crippen molar-refractivity contribution in [3.05, 3.63) is 59.9 Å². The molecule has 3 rings (SSSR count). The number of methoxy groups -OCH3 is 1. The van der Waals surface area contributed by atoms with Crippen molar-refractivity contribution >= 4 is 5.97 Å². The fourth-order valence-electron chi connectivity index (χ4n) is 3.15. The Morgan fingerprint density at radius 2 is 2.00 bits per heavy atom. The molecule has 6 heteroatoms. The van der Waals surface area contributed by atoms with Crippen molar-refractivity contribution < 1.29 is 19.0 Å². The number of halogens is 1. The van der Waals surface area contributed by atoms with Gasteiger partial charge < -0.3 is 9.84 Å². The van der Waals surface area contributed by atoms with Crippen molar-refractivity contribution in [2.75, 3.05) is 7.11 Å². The van der Waals surface area contributed by atoms with Crippen LogP contribution in [0.15, 0.2) is 48.5 Å². The van der Waals surface area contributed by atoms with E-state index < -0.39 is 5.97 Å². The summed E-state index contributed by atoms with van der Waals surface area (Å²) < 4.78 is 21.1. The van der Waals surface area contributed by atoms with E-state index >= 15 is 0 Å². The van der Waals surface area contributed by atoms with Crippen molar-refractivity contribution in [3.63, 3.8) is 0 Å². The van der Waals surface area contributed by atoms with Crippen LogP contribution in [-0.2, 0) is 17.8 Å². The molecular weight excluding hydrogens is 359 g/mol. The van der Waals surface area contributed by atoms with Crippen LogP contribution in [0, 0.1) is 11.7 Å². The van der Waals surface area contributed by atoms with E-state index in [1.807, 2.05) is 16.8 Å². The van der Waals surface area contributed by atoms with Gasteiger partial charge in [0.25, 0.3) is 0 Å². The number of carbonyl (C=O) groups is 1. The summed E-state index contributed by atoms with van der Waals surface area (Å²) in [6.07, 6.45) is -0.0829. The number of benzene rings is 2. The van der Waals surface area contributed by atoms with Gasteiger partial charge in [-0.25, -0.2) is 4.39 Å². The van der Waals surface area contributed by atoms with Gasteiger partial charge in [0, 0.05) is 17.7 Å². The number of rotatable bonds is 7. The summed E-state index contributed by atoms with van der Waals surface area (Å²) in [6, 6.07) is 13.6. The molecule has 0 fully saturated rings. The molecule has 0 amide bonds. The van der Waals surface area contributed by atoms with Gasteiger partial charge in [0.1, 0.15) is 11.6 Å². The minimum atomic E-state index is -0.901. The van der Waals surface area contributed by atoms with Gasteiger partial charge in [0.05, 0.1) is 24.9 Å². The monoisotopic (exact) mass is 382 g/mol. The lowest BCUT2D eigenvalue weighted by Crippen LogP contribution is -2.08. The Bertz CT molecular complexity index is 995. The lowest BCUT2D eigenvalue weighted by atomic mass is 10.0. The third kappa shape index (κ3) is 4.39. The Balaban J connectivity index is 2.13. The third-order valence-electron chi connectivity index (χ3n) is 4.33. The first-order valence-corrected chi connectivity index (χ1v) is 9.10. The number of ether oxygens (including phenoxy) is 1. The van der Waals surface area contributed by atoms with Crippen molar-refractivity contribution in [2.24, 2.45) is 5.92 Å². The van der Waals surface area contributed by atoms with Crippen LogP contribution in [0.1, 0.15) is 19.4 Å². The van der Waals surface area contributed by atoms with E-state index in [2.05, 4.69) is 13.8 Å². The molecule has 0 unspecified atom stereocenters. The summed E-state index contributed by atoms with van der Waals surface area (Å²) in [6.45, 7) is 4.85. The average molecular weight is 382 g/mol. The average Bonchev–Trinajstić information content (AvgIpc) is 3.04. The first-order valence-electron chi connectivity index (χ1n) is 9.10. The molecule has 0 saturated carbocycles. The largest absolute Gasteiger partial charge is 0.496 e. The molecule has 0 saturated heterocycles. The molecule has 146 valence electrons. The fraction of sp³-hybridized carbons (Fsp3) is 0.273. The Hall–Kier alpha value is -3.15. The first kappa shape index (κ1) is 19.6. The molecule has 1 heterocycles. The van der Waals surface area contributed by atoms with E-state index in [4.69, 9.17) is 14.9 Å². The lowest BCUT2D eigenvalue weighted by Gasteiger charge is -2.10.